The summed E-state index contributed by atoms with van der Waals surface area (Å²) in [5.74, 6) is -0.262. The Balaban J connectivity index is 1.79. The topological polar surface area (TPSA) is 72.5 Å². The van der Waals surface area contributed by atoms with Crippen LogP contribution in [-0.4, -0.2) is 29.8 Å². The average molecular weight is 225 g/mol. The van der Waals surface area contributed by atoms with Crippen LogP contribution in [0.3, 0.4) is 0 Å². The molecule has 1 aliphatic heterocycles. The fraction of sp³-hybridized carbons (Fsp3) is 0.727. The van der Waals surface area contributed by atoms with E-state index in [1.165, 1.54) is 0 Å². The number of ether oxygens (including phenoxy) is 1. The molecule has 0 radical (unpaired) electrons. The first-order valence-electron chi connectivity index (χ1n) is 5.66. The second-order valence-electron chi connectivity index (χ2n) is 4.34. The van der Waals surface area contributed by atoms with E-state index in [2.05, 4.69) is 5.32 Å². The van der Waals surface area contributed by atoms with Gasteiger partial charge in [0.15, 0.2) is 6.10 Å². The quantitative estimate of drug-likeness (QED) is 0.687. The number of carbonyl (C=O) groups is 3. The first kappa shape index (κ1) is 11.1. The van der Waals surface area contributed by atoms with Crippen LogP contribution in [0.5, 0.6) is 0 Å². The Morgan fingerprint density at radius 1 is 1.12 bits per heavy atom. The van der Waals surface area contributed by atoms with Crippen molar-refractivity contribution in [1.29, 1.82) is 0 Å². The molecule has 2 aliphatic rings. The number of amides is 1. The Hall–Kier alpha value is -1.39. The monoisotopic (exact) mass is 225 g/mol. The van der Waals surface area contributed by atoms with Crippen molar-refractivity contribution in [3.05, 3.63) is 0 Å². The summed E-state index contributed by atoms with van der Waals surface area (Å²) in [4.78, 5) is 33.5. The van der Waals surface area contributed by atoms with Gasteiger partial charge >= 0.3 is 5.97 Å². The average Bonchev–Trinajstić information content (AvgIpc) is 2.68. The lowest BCUT2D eigenvalue weighted by Crippen LogP contribution is -2.43. The highest BCUT2D eigenvalue weighted by atomic mass is 16.6. The summed E-state index contributed by atoms with van der Waals surface area (Å²) in [6, 6.07) is 0.0597. The Labute approximate surface area is 93.5 Å². The van der Waals surface area contributed by atoms with Crippen LogP contribution in [0.1, 0.15) is 38.5 Å². The van der Waals surface area contributed by atoms with Crippen molar-refractivity contribution in [2.24, 2.45) is 0 Å². The van der Waals surface area contributed by atoms with E-state index in [-0.39, 0.29) is 23.7 Å². The normalized spacial score (nSPS) is 26.6. The number of carbonyl (C=O) groups excluding carboxylic acids is 3. The van der Waals surface area contributed by atoms with Crippen molar-refractivity contribution in [2.75, 3.05) is 0 Å². The van der Waals surface area contributed by atoms with Gasteiger partial charge in [0, 0.05) is 31.7 Å². The summed E-state index contributed by atoms with van der Waals surface area (Å²) < 4.78 is 4.87. The van der Waals surface area contributed by atoms with Crippen LogP contribution < -0.4 is 5.32 Å². The van der Waals surface area contributed by atoms with Crippen LogP contribution in [0.15, 0.2) is 0 Å². The maximum absolute atomic E-state index is 11.7. The standard InChI is InChI=1S/C11H15NO4/c13-8-3-1-7(2-4-8)12-11(15)9-5-6-10(14)16-9/h7,9H,1-6H2,(H,12,15)/t9-/m0/s1. The van der Waals surface area contributed by atoms with Gasteiger partial charge in [-0.1, -0.05) is 0 Å². The maximum Gasteiger partial charge on any atom is 0.306 e. The van der Waals surface area contributed by atoms with Gasteiger partial charge in [-0.25, -0.2) is 0 Å². The number of ketones is 1. The van der Waals surface area contributed by atoms with E-state index in [0.717, 1.165) is 0 Å². The van der Waals surface area contributed by atoms with Crippen LogP contribution >= 0.6 is 0 Å². The first-order chi connectivity index (χ1) is 7.65. The summed E-state index contributed by atoms with van der Waals surface area (Å²) >= 11 is 0. The zero-order valence-electron chi connectivity index (χ0n) is 9.03. The number of Topliss-reactive ketones (excluding diaryl/α,β-unsaturated/α-hetero) is 1. The number of cyclic esters (lactones) is 1. The highest BCUT2D eigenvalue weighted by Gasteiger charge is 2.31. The molecule has 1 aliphatic carbocycles. The van der Waals surface area contributed by atoms with E-state index in [1.807, 2.05) is 0 Å². The zero-order valence-corrected chi connectivity index (χ0v) is 9.03. The van der Waals surface area contributed by atoms with Crippen LogP contribution in [0, 0.1) is 0 Å². The van der Waals surface area contributed by atoms with Gasteiger partial charge in [0.1, 0.15) is 5.78 Å². The Morgan fingerprint density at radius 3 is 2.38 bits per heavy atom. The van der Waals surface area contributed by atoms with Crippen molar-refractivity contribution >= 4 is 17.7 Å². The molecule has 1 amide bonds. The molecule has 0 spiro atoms. The summed E-state index contributed by atoms with van der Waals surface area (Å²) in [5.41, 5.74) is 0. The lowest BCUT2D eigenvalue weighted by molar-refractivity contribution is -0.148. The van der Waals surface area contributed by atoms with E-state index in [0.29, 0.717) is 38.5 Å². The van der Waals surface area contributed by atoms with Crippen molar-refractivity contribution in [2.45, 2.75) is 50.7 Å². The molecule has 0 unspecified atom stereocenters. The van der Waals surface area contributed by atoms with Gasteiger partial charge in [0.2, 0.25) is 0 Å². The van der Waals surface area contributed by atoms with Crippen molar-refractivity contribution < 1.29 is 19.1 Å². The lowest BCUT2D eigenvalue weighted by Gasteiger charge is -2.23. The second-order valence-corrected chi connectivity index (χ2v) is 4.34. The predicted molar refractivity (Wildman–Crippen MR) is 54.5 cm³/mol. The molecule has 88 valence electrons. The molecule has 16 heavy (non-hydrogen) atoms. The minimum absolute atomic E-state index is 0.0597. The second kappa shape index (κ2) is 4.63. The zero-order chi connectivity index (χ0) is 11.5. The van der Waals surface area contributed by atoms with Gasteiger partial charge in [0.25, 0.3) is 5.91 Å². The molecule has 0 aromatic heterocycles. The fourth-order valence-electron chi connectivity index (χ4n) is 2.09. The fourth-order valence-corrected chi connectivity index (χ4v) is 2.09. The largest absolute Gasteiger partial charge is 0.452 e. The molecule has 2 rings (SSSR count). The van der Waals surface area contributed by atoms with Gasteiger partial charge in [-0.15, -0.1) is 0 Å². The van der Waals surface area contributed by atoms with Crippen LogP contribution in [0.2, 0.25) is 0 Å². The van der Waals surface area contributed by atoms with Gasteiger partial charge in [-0.05, 0) is 12.8 Å². The Morgan fingerprint density at radius 2 is 1.81 bits per heavy atom. The maximum atomic E-state index is 11.7. The molecule has 5 nitrogen and oxygen atoms in total. The number of nitrogens with one attached hydrogen (secondary N) is 1. The van der Waals surface area contributed by atoms with Crippen LogP contribution in [-0.2, 0) is 19.1 Å². The third-order valence-corrected chi connectivity index (χ3v) is 3.07. The van der Waals surface area contributed by atoms with Gasteiger partial charge in [-0.3, -0.25) is 14.4 Å². The van der Waals surface area contributed by atoms with Gasteiger partial charge in [0.05, 0.1) is 0 Å². The van der Waals surface area contributed by atoms with Crippen LogP contribution in [0.25, 0.3) is 0 Å². The number of hydrogen-bond donors (Lipinski definition) is 1. The summed E-state index contributed by atoms with van der Waals surface area (Å²) in [6.07, 6.45) is 2.64. The SMILES string of the molecule is O=C1CCC(NC(=O)[C@@H]2CCC(=O)O2)CC1. The van der Waals surface area contributed by atoms with Gasteiger partial charge < -0.3 is 10.1 Å². The summed E-state index contributed by atoms with van der Waals surface area (Å²) in [7, 11) is 0. The first-order valence-corrected chi connectivity index (χ1v) is 5.66. The van der Waals surface area contributed by atoms with E-state index in [9.17, 15) is 14.4 Å². The molecule has 0 aromatic rings. The third kappa shape index (κ3) is 2.59. The van der Waals surface area contributed by atoms with E-state index < -0.39 is 6.10 Å². The Bertz CT molecular complexity index is 316. The lowest BCUT2D eigenvalue weighted by atomic mass is 9.94. The molecule has 1 saturated heterocycles. The third-order valence-electron chi connectivity index (χ3n) is 3.07. The smallest absolute Gasteiger partial charge is 0.306 e. The molecular formula is C11H15NO4. The minimum Gasteiger partial charge on any atom is -0.452 e. The molecule has 1 atom stereocenters. The number of hydrogen-bond acceptors (Lipinski definition) is 4. The van der Waals surface area contributed by atoms with Crippen molar-refractivity contribution in [3.8, 4) is 0 Å². The molecule has 5 heteroatoms. The van der Waals surface area contributed by atoms with E-state index in [1.54, 1.807) is 0 Å². The van der Waals surface area contributed by atoms with Crippen LogP contribution in [0.4, 0.5) is 0 Å². The minimum atomic E-state index is -0.620. The summed E-state index contributed by atoms with van der Waals surface area (Å²) in [6.45, 7) is 0. The van der Waals surface area contributed by atoms with Gasteiger partial charge in [-0.2, -0.15) is 0 Å². The summed E-state index contributed by atoms with van der Waals surface area (Å²) in [5, 5.41) is 2.83. The molecule has 2 fully saturated rings. The van der Waals surface area contributed by atoms with Crippen molar-refractivity contribution in [3.63, 3.8) is 0 Å². The highest BCUT2D eigenvalue weighted by molar-refractivity contribution is 5.87. The molecule has 0 aromatic carbocycles. The predicted octanol–water partition coefficient (Wildman–Crippen LogP) is 0.320. The number of esters is 1. The molecule has 1 N–H and O–H groups in total. The highest BCUT2D eigenvalue weighted by Crippen LogP contribution is 2.17. The van der Waals surface area contributed by atoms with E-state index in [4.69, 9.17) is 4.74 Å². The molecule has 1 heterocycles. The van der Waals surface area contributed by atoms with Crippen molar-refractivity contribution in [1.82, 2.24) is 5.32 Å². The molecule has 1 saturated carbocycles. The number of rotatable bonds is 2. The molecular weight excluding hydrogens is 210 g/mol. The molecule has 0 bridgehead atoms. The van der Waals surface area contributed by atoms with E-state index >= 15 is 0 Å². The Kier molecular flexibility index (Phi) is 3.22.